The first-order valence-corrected chi connectivity index (χ1v) is 5.47. The van der Waals surface area contributed by atoms with Gasteiger partial charge in [0.05, 0.1) is 6.54 Å². The summed E-state index contributed by atoms with van der Waals surface area (Å²) in [6.07, 6.45) is 10.2. The average Bonchev–Trinajstić information content (AvgIpc) is 2.02. The Morgan fingerprint density at radius 2 is 2.36 bits per heavy atom. The topological polar surface area (TPSA) is 29.3 Å². The zero-order chi connectivity index (χ0) is 10.6. The van der Waals surface area contributed by atoms with E-state index in [4.69, 9.17) is 12.2 Å². The number of hydrogen-bond donors (Lipinski definition) is 1. The van der Waals surface area contributed by atoms with Crippen LogP contribution in [0, 0.1) is 18.3 Å². The molecule has 0 aromatic carbocycles. The first kappa shape index (κ1) is 11.6. The molecule has 0 aliphatic heterocycles. The molecule has 0 spiro atoms. The standard InChI is InChI=1S/C12H22N2/c1-4-8-14(3)10-12(13)7-5-6-11(2)9-12/h1,11H,5-10,13H2,2-3H3. The van der Waals surface area contributed by atoms with Crippen LogP contribution in [0.4, 0.5) is 0 Å². The maximum absolute atomic E-state index is 6.37. The van der Waals surface area contributed by atoms with E-state index in [1.807, 2.05) is 7.05 Å². The molecule has 14 heavy (non-hydrogen) atoms. The summed E-state index contributed by atoms with van der Waals surface area (Å²) < 4.78 is 0. The smallest absolute Gasteiger partial charge is 0.0597 e. The van der Waals surface area contributed by atoms with Crippen molar-refractivity contribution in [3.8, 4) is 12.3 Å². The molecule has 0 bridgehead atoms. The van der Waals surface area contributed by atoms with Gasteiger partial charge in [-0.2, -0.15) is 0 Å². The minimum Gasteiger partial charge on any atom is -0.324 e. The van der Waals surface area contributed by atoms with Crippen LogP contribution in [0.1, 0.15) is 32.6 Å². The van der Waals surface area contributed by atoms with Crippen molar-refractivity contribution in [1.29, 1.82) is 0 Å². The number of hydrogen-bond acceptors (Lipinski definition) is 2. The molecular weight excluding hydrogens is 172 g/mol. The second kappa shape index (κ2) is 4.82. The second-order valence-electron chi connectivity index (χ2n) is 4.94. The van der Waals surface area contributed by atoms with Crippen molar-refractivity contribution in [2.45, 2.75) is 38.1 Å². The van der Waals surface area contributed by atoms with E-state index in [1.165, 1.54) is 12.8 Å². The fourth-order valence-corrected chi connectivity index (χ4v) is 2.59. The lowest BCUT2D eigenvalue weighted by molar-refractivity contribution is 0.178. The maximum Gasteiger partial charge on any atom is 0.0597 e. The Hall–Kier alpha value is -0.520. The average molecular weight is 194 g/mol. The molecule has 1 saturated carbocycles. The number of nitrogens with zero attached hydrogens (tertiary/aromatic N) is 1. The van der Waals surface area contributed by atoms with Crippen molar-refractivity contribution in [3.63, 3.8) is 0 Å². The zero-order valence-electron chi connectivity index (χ0n) is 9.42. The van der Waals surface area contributed by atoms with Gasteiger partial charge in [0.15, 0.2) is 0 Å². The minimum atomic E-state index is 0.00324. The Bertz CT molecular complexity index is 219. The van der Waals surface area contributed by atoms with E-state index in [9.17, 15) is 0 Å². The molecule has 1 rings (SSSR count). The number of nitrogens with two attached hydrogens (primary N) is 1. The Morgan fingerprint density at radius 3 is 2.93 bits per heavy atom. The van der Waals surface area contributed by atoms with Gasteiger partial charge in [-0.25, -0.2) is 0 Å². The monoisotopic (exact) mass is 194 g/mol. The molecule has 0 saturated heterocycles. The molecule has 0 heterocycles. The molecule has 2 atom stereocenters. The molecule has 0 aromatic rings. The quantitative estimate of drug-likeness (QED) is 0.689. The molecule has 2 unspecified atom stereocenters. The molecule has 1 aliphatic carbocycles. The summed E-state index contributed by atoms with van der Waals surface area (Å²) in [7, 11) is 2.05. The van der Waals surface area contributed by atoms with E-state index in [1.54, 1.807) is 0 Å². The largest absolute Gasteiger partial charge is 0.324 e. The van der Waals surface area contributed by atoms with Gasteiger partial charge in [-0.3, -0.25) is 4.90 Å². The lowest BCUT2D eigenvalue weighted by Gasteiger charge is -2.39. The van der Waals surface area contributed by atoms with Crippen molar-refractivity contribution in [1.82, 2.24) is 4.90 Å². The van der Waals surface area contributed by atoms with Crippen LogP contribution in [0.5, 0.6) is 0 Å². The van der Waals surface area contributed by atoms with Crippen molar-refractivity contribution in [2.75, 3.05) is 20.1 Å². The molecule has 0 aromatic heterocycles. The van der Waals surface area contributed by atoms with Crippen molar-refractivity contribution >= 4 is 0 Å². The molecule has 1 aliphatic rings. The van der Waals surface area contributed by atoms with E-state index in [2.05, 4.69) is 17.7 Å². The Kier molecular flexibility index (Phi) is 3.97. The summed E-state index contributed by atoms with van der Waals surface area (Å²) >= 11 is 0. The Morgan fingerprint density at radius 1 is 1.64 bits per heavy atom. The van der Waals surface area contributed by atoms with Crippen LogP contribution < -0.4 is 5.73 Å². The fourth-order valence-electron chi connectivity index (χ4n) is 2.59. The summed E-state index contributed by atoms with van der Waals surface area (Å²) in [5.41, 5.74) is 6.37. The molecule has 2 N–H and O–H groups in total. The van der Waals surface area contributed by atoms with Crippen molar-refractivity contribution in [2.24, 2.45) is 11.7 Å². The van der Waals surface area contributed by atoms with Crippen molar-refractivity contribution < 1.29 is 0 Å². The highest BCUT2D eigenvalue weighted by atomic mass is 15.1. The van der Waals surface area contributed by atoms with Gasteiger partial charge in [0, 0.05) is 12.1 Å². The third kappa shape index (κ3) is 3.32. The van der Waals surface area contributed by atoms with Gasteiger partial charge >= 0.3 is 0 Å². The highest BCUT2D eigenvalue weighted by molar-refractivity contribution is 4.95. The predicted octanol–water partition coefficient (Wildman–Crippen LogP) is 1.46. The third-order valence-corrected chi connectivity index (χ3v) is 3.07. The number of terminal acetylenes is 1. The predicted molar refractivity (Wildman–Crippen MR) is 60.9 cm³/mol. The first-order chi connectivity index (χ1) is 6.56. The summed E-state index contributed by atoms with van der Waals surface area (Å²) in [6, 6.07) is 0. The van der Waals surface area contributed by atoms with Crippen LogP contribution in [0.2, 0.25) is 0 Å². The highest BCUT2D eigenvalue weighted by Crippen LogP contribution is 2.30. The molecule has 0 radical (unpaired) electrons. The molecule has 2 heteroatoms. The van der Waals surface area contributed by atoms with Gasteiger partial charge in [0.25, 0.3) is 0 Å². The minimum absolute atomic E-state index is 0.00324. The van der Waals surface area contributed by atoms with Gasteiger partial charge < -0.3 is 5.73 Å². The lowest BCUT2D eigenvalue weighted by Crippen LogP contribution is -2.52. The molecule has 0 amide bonds. The van der Waals surface area contributed by atoms with Gasteiger partial charge in [-0.1, -0.05) is 25.7 Å². The van der Waals surface area contributed by atoms with Crippen LogP contribution >= 0.6 is 0 Å². The third-order valence-electron chi connectivity index (χ3n) is 3.07. The van der Waals surface area contributed by atoms with Crippen LogP contribution in [0.15, 0.2) is 0 Å². The van der Waals surface area contributed by atoms with Gasteiger partial charge in [-0.15, -0.1) is 6.42 Å². The molecule has 80 valence electrons. The molecular formula is C12H22N2. The normalized spacial score (nSPS) is 32.9. The van der Waals surface area contributed by atoms with E-state index < -0.39 is 0 Å². The molecule has 2 nitrogen and oxygen atoms in total. The maximum atomic E-state index is 6.37. The van der Waals surface area contributed by atoms with Crippen molar-refractivity contribution in [3.05, 3.63) is 0 Å². The number of likely N-dealkylation sites (N-methyl/N-ethyl adjacent to an activating group) is 1. The summed E-state index contributed by atoms with van der Waals surface area (Å²) in [4.78, 5) is 2.15. The lowest BCUT2D eigenvalue weighted by atomic mass is 9.77. The summed E-state index contributed by atoms with van der Waals surface area (Å²) in [6.45, 7) is 3.93. The van der Waals surface area contributed by atoms with E-state index in [0.29, 0.717) is 6.54 Å². The van der Waals surface area contributed by atoms with Gasteiger partial charge in [0.1, 0.15) is 0 Å². The summed E-state index contributed by atoms with van der Waals surface area (Å²) in [5, 5.41) is 0. The first-order valence-electron chi connectivity index (χ1n) is 5.47. The Balaban J connectivity index is 2.44. The van der Waals surface area contributed by atoms with Crippen LogP contribution in [-0.2, 0) is 0 Å². The fraction of sp³-hybridized carbons (Fsp3) is 0.833. The van der Waals surface area contributed by atoms with Crippen LogP contribution in [0.3, 0.4) is 0 Å². The SMILES string of the molecule is C#CCN(C)CC1(N)CCCC(C)C1. The van der Waals surface area contributed by atoms with E-state index in [0.717, 1.165) is 25.3 Å². The van der Waals surface area contributed by atoms with Crippen LogP contribution in [0.25, 0.3) is 0 Å². The van der Waals surface area contributed by atoms with Gasteiger partial charge in [0.2, 0.25) is 0 Å². The number of rotatable bonds is 3. The van der Waals surface area contributed by atoms with Gasteiger partial charge in [-0.05, 0) is 25.8 Å². The van der Waals surface area contributed by atoms with Crippen LogP contribution in [-0.4, -0.2) is 30.6 Å². The molecule has 1 fully saturated rings. The second-order valence-corrected chi connectivity index (χ2v) is 4.94. The Labute approximate surface area is 87.8 Å². The van der Waals surface area contributed by atoms with E-state index in [-0.39, 0.29) is 5.54 Å². The highest BCUT2D eigenvalue weighted by Gasteiger charge is 2.31. The zero-order valence-corrected chi connectivity index (χ0v) is 9.42. The summed E-state index contributed by atoms with van der Waals surface area (Å²) in [5.74, 6) is 3.43. The van der Waals surface area contributed by atoms with E-state index >= 15 is 0 Å².